The lowest BCUT2D eigenvalue weighted by molar-refractivity contribution is 0.0420. The number of hydrogen-bond donors (Lipinski definition) is 2. The molecule has 2 N–H and O–H groups in total. The van der Waals surface area contributed by atoms with E-state index in [0.29, 0.717) is 0 Å². The number of hydrogen-bond acceptors (Lipinski definition) is 4. The zero-order valence-electron chi connectivity index (χ0n) is 12.6. The minimum Gasteiger partial charge on any atom is -0.469 e. The quantitative estimate of drug-likeness (QED) is 0.428. The van der Waals surface area contributed by atoms with Crippen LogP contribution in [-0.2, 0) is 15.9 Å². The van der Waals surface area contributed by atoms with E-state index >= 15 is 0 Å². The van der Waals surface area contributed by atoms with Gasteiger partial charge < -0.3 is 24.5 Å². The Morgan fingerprint density at radius 2 is 2.33 bits per heavy atom. The Balaban J connectivity index is 1.49. The van der Waals surface area contributed by atoms with Crippen molar-refractivity contribution in [3.05, 3.63) is 24.2 Å². The summed E-state index contributed by atoms with van der Waals surface area (Å²) >= 11 is 0. The van der Waals surface area contributed by atoms with E-state index in [9.17, 15) is 0 Å². The fourth-order valence-corrected chi connectivity index (χ4v) is 2.15. The topological polar surface area (TPSA) is 68.0 Å². The van der Waals surface area contributed by atoms with Crippen molar-refractivity contribution in [3.8, 4) is 0 Å². The highest BCUT2D eigenvalue weighted by Crippen LogP contribution is 2.07. The zero-order chi connectivity index (χ0) is 14.8. The highest BCUT2D eigenvalue weighted by atomic mass is 16.5. The van der Waals surface area contributed by atoms with E-state index in [2.05, 4.69) is 15.6 Å². The van der Waals surface area contributed by atoms with Gasteiger partial charge in [0.2, 0.25) is 0 Å². The third-order valence-electron chi connectivity index (χ3n) is 3.32. The molecule has 6 heteroatoms. The Kier molecular flexibility index (Phi) is 7.11. The molecule has 1 unspecified atom stereocenters. The second kappa shape index (κ2) is 9.41. The van der Waals surface area contributed by atoms with Crippen molar-refractivity contribution in [2.24, 2.45) is 4.99 Å². The van der Waals surface area contributed by atoms with Crippen molar-refractivity contribution in [1.29, 1.82) is 0 Å². The van der Waals surface area contributed by atoms with Crippen LogP contribution in [0.5, 0.6) is 0 Å². The Bertz CT molecular complexity index is 400. The lowest BCUT2D eigenvalue weighted by atomic mass is 10.3. The number of ether oxygens (including phenoxy) is 2. The highest BCUT2D eigenvalue weighted by molar-refractivity contribution is 5.79. The lowest BCUT2D eigenvalue weighted by Gasteiger charge is -2.12. The molecule has 0 bridgehead atoms. The molecule has 1 atom stereocenters. The van der Waals surface area contributed by atoms with Gasteiger partial charge in [-0.2, -0.15) is 0 Å². The van der Waals surface area contributed by atoms with Crippen molar-refractivity contribution < 1.29 is 13.9 Å². The van der Waals surface area contributed by atoms with Crippen molar-refractivity contribution in [2.45, 2.75) is 25.4 Å². The molecule has 2 rings (SSSR count). The molecular formula is C15H25N3O3. The lowest BCUT2D eigenvalue weighted by Crippen LogP contribution is -2.39. The maximum atomic E-state index is 5.71. The molecule has 0 amide bonds. The Morgan fingerprint density at radius 3 is 3.05 bits per heavy atom. The Hall–Kier alpha value is -1.53. The van der Waals surface area contributed by atoms with Gasteiger partial charge in [0.25, 0.3) is 0 Å². The summed E-state index contributed by atoms with van der Waals surface area (Å²) in [7, 11) is 1.77. The van der Waals surface area contributed by atoms with E-state index in [4.69, 9.17) is 13.9 Å². The number of aliphatic imine (C=N–C) groups is 1. The van der Waals surface area contributed by atoms with Gasteiger partial charge in [-0.05, 0) is 25.0 Å². The van der Waals surface area contributed by atoms with Crippen LogP contribution in [0.4, 0.5) is 0 Å². The first-order chi connectivity index (χ1) is 10.4. The molecule has 1 fully saturated rings. The van der Waals surface area contributed by atoms with Gasteiger partial charge >= 0.3 is 0 Å². The summed E-state index contributed by atoms with van der Waals surface area (Å²) in [6.45, 7) is 3.96. The summed E-state index contributed by atoms with van der Waals surface area (Å²) in [5.74, 6) is 1.79. The molecule has 1 aliphatic heterocycles. The molecule has 0 aliphatic carbocycles. The van der Waals surface area contributed by atoms with Gasteiger partial charge in [0.15, 0.2) is 5.96 Å². The molecule has 21 heavy (non-hydrogen) atoms. The predicted molar refractivity (Wildman–Crippen MR) is 81.6 cm³/mol. The molecule has 0 radical (unpaired) electrons. The van der Waals surface area contributed by atoms with Gasteiger partial charge in [0.1, 0.15) is 5.76 Å². The molecule has 6 nitrogen and oxygen atoms in total. The molecule has 0 spiro atoms. The molecule has 1 aromatic rings. The molecule has 0 aromatic carbocycles. The average Bonchev–Trinajstić information content (AvgIpc) is 3.18. The van der Waals surface area contributed by atoms with Gasteiger partial charge in [0.05, 0.1) is 19.0 Å². The molecular weight excluding hydrogens is 270 g/mol. The molecule has 118 valence electrons. The second-order valence-electron chi connectivity index (χ2n) is 4.97. The Labute approximate surface area is 125 Å². The van der Waals surface area contributed by atoms with Crippen molar-refractivity contribution in [2.75, 3.05) is 40.0 Å². The number of rotatable bonds is 8. The van der Waals surface area contributed by atoms with E-state index < -0.39 is 0 Å². The molecule has 1 aromatic heterocycles. The van der Waals surface area contributed by atoms with Crippen LogP contribution in [0.2, 0.25) is 0 Å². The van der Waals surface area contributed by atoms with Gasteiger partial charge in [-0.25, -0.2) is 0 Å². The largest absolute Gasteiger partial charge is 0.469 e. The third-order valence-corrected chi connectivity index (χ3v) is 3.32. The summed E-state index contributed by atoms with van der Waals surface area (Å²) in [5.41, 5.74) is 0. The highest BCUT2D eigenvalue weighted by Gasteiger charge is 2.15. The van der Waals surface area contributed by atoms with Gasteiger partial charge in [-0.15, -0.1) is 0 Å². The van der Waals surface area contributed by atoms with E-state index in [1.807, 2.05) is 12.1 Å². The first kappa shape index (κ1) is 15.9. The SMILES string of the molecule is CN=C(NCCCOC1CCOC1)NCCc1ccco1. The summed E-state index contributed by atoms with van der Waals surface area (Å²) < 4.78 is 16.3. The first-order valence-electron chi connectivity index (χ1n) is 7.54. The fraction of sp³-hybridized carbons (Fsp3) is 0.667. The van der Waals surface area contributed by atoms with Gasteiger partial charge in [-0.1, -0.05) is 0 Å². The van der Waals surface area contributed by atoms with Gasteiger partial charge in [0, 0.05) is 39.8 Å². The predicted octanol–water partition coefficient (Wildman–Crippen LogP) is 1.18. The maximum absolute atomic E-state index is 5.71. The van der Waals surface area contributed by atoms with Gasteiger partial charge in [-0.3, -0.25) is 4.99 Å². The van der Waals surface area contributed by atoms with Crippen LogP contribution < -0.4 is 10.6 Å². The maximum Gasteiger partial charge on any atom is 0.190 e. The van der Waals surface area contributed by atoms with Crippen LogP contribution in [0, 0.1) is 0 Å². The smallest absolute Gasteiger partial charge is 0.190 e. The van der Waals surface area contributed by atoms with Crippen LogP contribution in [0.25, 0.3) is 0 Å². The standard InChI is InChI=1S/C15H25N3O3/c1-16-15(18-8-5-13-4-2-9-20-13)17-7-3-10-21-14-6-11-19-12-14/h2,4,9,14H,3,5-8,10-12H2,1H3,(H2,16,17,18). The summed E-state index contributed by atoms with van der Waals surface area (Å²) in [6.07, 6.45) is 4.80. The van der Waals surface area contributed by atoms with E-state index in [-0.39, 0.29) is 6.10 Å². The first-order valence-corrected chi connectivity index (χ1v) is 7.54. The zero-order valence-corrected chi connectivity index (χ0v) is 12.6. The van der Waals surface area contributed by atoms with Crippen molar-refractivity contribution >= 4 is 5.96 Å². The van der Waals surface area contributed by atoms with E-state index in [1.165, 1.54) is 0 Å². The molecule has 1 aliphatic rings. The number of nitrogens with one attached hydrogen (secondary N) is 2. The number of nitrogens with zero attached hydrogens (tertiary/aromatic N) is 1. The van der Waals surface area contributed by atoms with Crippen LogP contribution in [0.3, 0.4) is 0 Å². The Morgan fingerprint density at radius 1 is 1.43 bits per heavy atom. The average molecular weight is 295 g/mol. The summed E-state index contributed by atoms with van der Waals surface area (Å²) in [6, 6.07) is 3.87. The monoisotopic (exact) mass is 295 g/mol. The minimum atomic E-state index is 0.288. The second-order valence-corrected chi connectivity index (χ2v) is 4.97. The van der Waals surface area contributed by atoms with Crippen LogP contribution >= 0.6 is 0 Å². The summed E-state index contributed by atoms with van der Waals surface area (Å²) in [5, 5.41) is 6.53. The molecule has 0 saturated carbocycles. The summed E-state index contributed by atoms with van der Waals surface area (Å²) in [4.78, 5) is 4.18. The minimum absolute atomic E-state index is 0.288. The van der Waals surface area contributed by atoms with Crippen molar-refractivity contribution in [3.63, 3.8) is 0 Å². The number of furan rings is 1. The van der Waals surface area contributed by atoms with E-state index in [1.54, 1.807) is 13.3 Å². The van der Waals surface area contributed by atoms with Crippen LogP contribution in [0.1, 0.15) is 18.6 Å². The van der Waals surface area contributed by atoms with Crippen LogP contribution in [0.15, 0.2) is 27.8 Å². The number of guanidine groups is 1. The van der Waals surface area contributed by atoms with Crippen LogP contribution in [-0.4, -0.2) is 52.0 Å². The van der Waals surface area contributed by atoms with E-state index in [0.717, 1.165) is 63.9 Å². The molecule has 1 saturated heterocycles. The third kappa shape index (κ3) is 6.18. The molecule has 2 heterocycles. The van der Waals surface area contributed by atoms with Crippen molar-refractivity contribution in [1.82, 2.24) is 10.6 Å². The normalized spacial score (nSPS) is 18.9. The fourth-order valence-electron chi connectivity index (χ4n) is 2.15.